The second kappa shape index (κ2) is 17.8. The third kappa shape index (κ3) is 9.86. The first-order valence-electron chi connectivity index (χ1n) is 12.6. The van der Waals surface area contributed by atoms with Gasteiger partial charge in [-0.2, -0.15) is 0 Å². The van der Waals surface area contributed by atoms with Gasteiger partial charge >= 0.3 is 11.9 Å². The van der Waals surface area contributed by atoms with E-state index in [1.807, 2.05) is 0 Å². The van der Waals surface area contributed by atoms with Crippen LogP contribution >= 0.6 is 0 Å². The molecule has 0 aromatic carbocycles. The lowest BCUT2D eigenvalue weighted by Crippen LogP contribution is -2.37. The van der Waals surface area contributed by atoms with Gasteiger partial charge in [-0.15, -0.1) is 0 Å². The minimum Gasteiger partial charge on any atom is -0.506 e. The molecule has 0 aliphatic carbocycles. The van der Waals surface area contributed by atoms with E-state index in [-0.39, 0.29) is 0 Å². The van der Waals surface area contributed by atoms with Gasteiger partial charge in [-0.3, -0.25) is 0 Å². The Balaban J connectivity index is 5.94. The van der Waals surface area contributed by atoms with E-state index in [1.54, 1.807) is 0 Å². The van der Waals surface area contributed by atoms with Crippen molar-refractivity contribution in [3.05, 3.63) is 45.1 Å². The van der Waals surface area contributed by atoms with Crippen LogP contribution in [0.15, 0.2) is 45.1 Å². The third-order valence-electron chi connectivity index (χ3n) is 5.46. The molecule has 0 aliphatic heterocycles. The largest absolute Gasteiger partial charge is 0.506 e. The molecule has 0 amide bonds. The molecule has 0 spiro atoms. The Hall–Kier alpha value is -1.67. The molecule has 0 saturated heterocycles. The molecule has 0 unspecified atom stereocenters. The molecule has 182 valence electrons. The Morgan fingerprint density at radius 1 is 0.500 bits per heavy atom. The van der Waals surface area contributed by atoms with Gasteiger partial charge in [-0.25, -0.2) is 9.59 Å². The predicted octanol–water partition coefficient (Wildman–Crippen LogP) is 6.66. The van der Waals surface area contributed by atoms with E-state index < -0.39 is 30.0 Å². The number of hydrogen-bond acceptors (Lipinski definition) is 4. The average Bonchev–Trinajstić information content (AvgIpc) is 2.80. The van der Waals surface area contributed by atoms with E-state index in [2.05, 4.69) is 79.7 Å². The highest BCUT2D eigenvalue weighted by Gasteiger charge is 2.32. The zero-order valence-electron chi connectivity index (χ0n) is 21.8. The molecule has 0 N–H and O–H groups in total. The summed E-state index contributed by atoms with van der Waals surface area (Å²) in [4.78, 5) is 25.9. The lowest BCUT2D eigenvalue weighted by atomic mass is 10.3. The molecule has 0 radical (unpaired) electrons. The molecule has 0 aliphatic rings. The van der Waals surface area contributed by atoms with Crippen molar-refractivity contribution in [2.24, 2.45) is 0 Å². The minimum atomic E-state index is -2.19. The van der Waals surface area contributed by atoms with Crippen LogP contribution in [0.4, 0.5) is 0 Å². The van der Waals surface area contributed by atoms with Crippen molar-refractivity contribution in [2.75, 3.05) is 0 Å². The first-order valence-corrected chi connectivity index (χ1v) is 15.8. The quantitative estimate of drug-likeness (QED) is 0.207. The van der Waals surface area contributed by atoms with E-state index >= 15 is 0 Å². The van der Waals surface area contributed by atoms with Crippen molar-refractivity contribution in [3.63, 3.8) is 0 Å². The van der Waals surface area contributed by atoms with Gasteiger partial charge in [0, 0.05) is 0 Å². The van der Waals surface area contributed by atoms with Crippen LogP contribution in [0.5, 0.6) is 0 Å². The topological polar surface area (TPSA) is 52.6 Å². The number of carbonyl (C=O) groups is 2. The van der Waals surface area contributed by atoms with Crippen LogP contribution in [0, 0.1) is 0 Å². The molecular weight excluding hydrogens is 432 g/mol. The molecule has 32 heavy (non-hydrogen) atoms. The number of carbonyl (C=O) groups excluding carboxylic acids is 2. The zero-order chi connectivity index (χ0) is 24.5. The van der Waals surface area contributed by atoms with Gasteiger partial charge in [0.05, 0.1) is 0 Å². The van der Waals surface area contributed by atoms with Gasteiger partial charge in [-0.05, 0) is 72.2 Å². The average molecular weight is 479 g/mol. The summed E-state index contributed by atoms with van der Waals surface area (Å²) in [6.07, 6.45) is 15.5. The van der Waals surface area contributed by atoms with E-state index in [4.69, 9.17) is 8.85 Å². The molecule has 4 nitrogen and oxygen atoms in total. The molecule has 0 aromatic rings. The van der Waals surface area contributed by atoms with Crippen LogP contribution in [0.3, 0.4) is 0 Å². The van der Waals surface area contributed by atoms with Crippen LogP contribution in [0.2, 0.25) is 0 Å². The van der Waals surface area contributed by atoms with Gasteiger partial charge < -0.3 is 8.85 Å². The molecule has 0 saturated carbocycles. The first kappa shape index (κ1) is 30.3. The predicted molar refractivity (Wildman–Crippen MR) is 141 cm³/mol. The van der Waals surface area contributed by atoms with Gasteiger partial charge in [0.15, 0.2) is 0 Å². The van der Waals surface area contributed by atoms with Crippen molar-refractivity contribution in [1.82, 2.24) is 0 Å². The highest BCUT2D eigenvalue weighted by molar-refractivity contribution is 6.73. The van der Waals surface area contributed by atoms with Gasteiger partial charge in [0.2, 0.25) is 0 Å². The number of rotatable bonds is 14. The summed E-state index contributed by atoms with van der Waals surface area (Å²) in [6.45, 7) is 16.7. The van der Waals surface area contributed by atoms with Crippen molar-refractivity contribution in [3.8, 4) is 0 Å². The van der Waals surface area contributed by atoms with Crippen LogP contribution in [-0.2, 0) is 18.4 Å². The normalized spacial score (nSPS) is 15.4. The molecular formula is C26H46O4Si2. The van der Waals surface area contributed by atoms with Crippen molar-refractivity contribution >= 4 is 30.0 Å². The summed E-state index contributed by atoms with van der Waals surface area (Å²) in [5, 5.41) is 4.68. The third-order valence-corrected chi connectivity index (χ3v) is 11.6. The summed E-state index contributed by atoms with van der Waals surface area (Å²) < 4.78 is 11.9. The summed E-state index contributed by atoms with van der Waals surface area (Å²) in [5.74, 6) is -1.66. The van der Waals surface area contributed by atoms with Crippen molar-refractivity contribution in [1.29, 1.82) is 0 Å². The smallest absolute Gasteiger partial charge is 0.403 e. The van der Waals surface area contributed by atoms with Crippen LogP contribution in [-0.4, -0.2) is 30.0 Å². The SMILES string of the molecule is CCC=C(CC)[SiH](OC(=O)C(=O)O[SiH](C(=CCC)CC)C(=CCC)CC)C(=CCC)CC. The van der Waals surface area contributed by atoms with E-state index in [0.717, 1.165) is 51.4 Å². The second-order valence-corrected chi connectivity index (χ2v) is 12.7. The summed E-state index contributed by atoms with van der Waals surface area (Å²) in [7, 11) is -4.38. The lowest BCUT2D eigenvalue weighted by Gasteiger charge is -2.23. The maximum Gasteiger partial charge on any atom is 0.403 e. The van der Waals surface area contributed by atoms with E-state index in [9.17, 15) is 9.59 Å². The maximum absolute atomic E-state index is 12.9. The van der Waals surface area contributed by atoms with E-state index in [1.165, 1.54) is 20.8 Å². The molecule has 6 heteroatoms. The molecule has 0 heterocycles. The number of hydrogen-bond donors (Lipinski definition) is 0. The van der Waals surface area contributed by atoms with Crippen molar-refractivity contribution < 1.29 is 18.4 Å². The minimum absolute atomic E-state index is 0.823. The van der Waals surface area contributed by atoms with E-state index in [0.29, 0.717) is 0 Å². The van der Waals surface area contributed by atoms with Gasteiger partial charge in [-0.1, -0.05) is 79.7 Å². The standard InChI is InChI=1S/C26H46O4Si2/c1-9-17-21(13-5)31(22(14-6)18-10-2)29-25(27)26(28)30-32(23(15-7)19-11-3)24(16-8)20-12-4/h17-20,31-32H,9-16H2,1-8H3. The Labute approximate surface area is 200 Å². The molecule has 0 atom stereocenters. The molecule has 0 rings (SSSR count). The Morgan fingerprint density at radius 3 is 0.875 bits per heavy atom. The van der Waals surface area contributed by atoms with Gasteiger partial charge in [0.25, 0.3) is 18.1 Å². The molecule has 0 fully saturated rings. The van der Waals surface area contributed by atoms with Crippen LogP contribution in [0.1, 0.15) is 107 Å². The van der Waals surface area contributed by atoms with Crippen LogP contribution in [0.25, 0.3) is 0 Å². The lowest BCUT2D eigenvalue weighted by molar-refractivity contribution is -0.156. The van der Waals surface area contributed by atoms with Crippen LogP contribution < -0.4 is 0 Å². The molecule has 0 bridgehead atoms. The summed E-state index contributed by atoms with van der Waals surface area (Å²) in [5.41, 5.74) is 0. The monoisotopic (exact) mass is 478 g/mol. The zero-order valence-corrected chi connectivity index (χ0v) is 24.1. The Kier molecular flexibility index (Phi) is 16.9. The fraction of sp³-hybridized carbons (Fsp3) is 0.615. The maximum atomic E-state index is 12.9. The highest BCUT2D eigenvalue weighted by Crippen LogP contribution is 2.22. The fourth-order valence-electron chi connectivity index (χ4n) is 3.89. The first-order chi connectivity index (χ1) is 15.4. The molecule has 0 aromatic heterocycles. The Bertz CT molecular complexity index is 601. The van der Waals surface area contributed by atoms with Crippen molar-refractivity contribution in [2.45, 2.75) is 107 Å². The second-order valence-electron chi connectivity index (χ2n) is 7.73. The Morgan fingerprint density at radius 2 is 0.719 bits per heavy atom. The fourth-order valence-corrected chi connectivity index (χ4v) is 9.35. The van der Waals surface area contributed by atoms with Gasteiger partial charge in [0.1, 0.15) is 0 Å². The highest BCUT2D eigenvalue weighted by atomic mass is 28.3. The summed E-state index contributed by atoms with van der Waals surface area (Å²) >= 11 is 0. The summed E-state index contributed by atoms with van der Waals surface area (Å²) in [6, 6.07) is 0. The number of allylic oxidation sites excluding steroid dienone is 8.